The summed E-state index contributed by atoms with van der Waals surface area (Å²) >= 11 is 5.74. The number of hydrogen-bond donors (Lipinski definition) is 3. The lowest BCUT2D eigenvalue weighted by atomic mass is 10.2. The third-order valence-corrected chi connectivity index (χ3v) is 2.72. The number of H-pyrrole nitrogens is 1. The van der Waals surface area contributed by atoms with Gasteiger partial charge in [0.15, 0.2) is 5.69 Å². The number of rotatable bonds is 3. The first-order chi connectivity index (χ1) is 8.97. The molecule has 0 spiro atoms. The summed E-state index contributed by atoms with van der Waals surface area (Å²) in [6.07, 6.45) is 0. The van der Waals surface area contributed by atoms with Crippen LogP contribution in [0.25, 0.3) is 0 Å². The van der Waals surface area contributed by atoms with Crippen LogP contribution in [-0.4, -0.2) is 27.2 Å². The number of nitrogens with zero attached hydrogens (tertiary/aromatic N) is 1. The lowest BCUT2D eigenvalue weighted by Gasteiger charge is -2.05. The van der Waals surface area contributed by atoms with Crippen LogP contribution < -0.4 is 5.32 Å². The molecule has 0 fully saturated rings. The van der Waals surface area contributed by atoms with Crippen LogP contribution >= 0.6 is 11.6 Å². The Balaban J connectivity index is 2.22. The van der Waals surface area contributed by atoms with E-state index in [-0.39, 0.29) is 16.3 Å². The predicted molar refractivity (Wildman–Crippen MR) is 69.7 cm³/mol. The fourth-order valence-electron chi connectivity index (χ4n) is 1.50. The van der Waals surface area contributed by atoms with Crippen molar-refractivity contribution in [3.8, 4) is 0 Å². The highest BCUT2D eigenvalue weighted by Gasteiger charge is 2.13. The lowest BCUT2D eigenvalue weighted by Crippen LogP contribution is -2.13. The monoisotopic (exact) mass is 279 g/mol. The van der Waals surface area contributed by atoms with E-state index in [1.165, 1.54) is 18.2 Å². The second-order valence-corrected chi connectivity index (χ2v) is 4.30. The summed E-state index contributed by atoms with van der Waals surface area (Å²) in [6.45, 7) is 1.77. The summed E-state index contributed by atoms with van der Waals surface area (Å²) in [5, 5.41) is 18.0. The molecule has 6 nitrogen and oxygen atoms in total. The van der Waals surface area contributed by atoms with Gasteiger partial charge < -0.3 is 10.4 Å². The van der Waals surface area contributed by atoms with Crippen LogP contribution in [-0.2, 0) is 0 Å². The maximum Gasteiger partial charge on any atom is 0.337 e. The number of carbonyl (C=O) groups is 2. The first-order valence-electron chi connectivity index (χ1n) is 5.33. The Morgan fingerprint density at radius 2 is 2.11 bits per heavy atom. The number of carboxylic acids is 1. The number of benzene rings is 1. The minimum atomic E-state index is -1.16. The number of anilines is 1. The molecule has 0 bridgehead atoms. The number of aromatic nitrogens is 2. The van der Waals surface area contributed by atoms with Gasteiger partial charge in [-0.25, -0.2) is 4.79 Å². The molecule has 0 saturated heterocycles. The third-order valence-electron chi connectivity index (χ3n) is 2.39. The Morgan fingerprint density at radius 1 is 1.37 bits per heavy atom. The number of aromatic amines is 1. The Labute approximate surface area is 113 Å². The number of hydrogen-bond acceptors (Lipinski definition) is 3. The molecular weight excluding hydrogens is 270 g/mol. The molecule has 2 aromatic rings. The van der Waals surface area contributed by atoms with Gasteiger partial charge in [0.25, 0.3) is 5.91 Å². The minimum absolute atomic E-state index is 0.0716. The van der Waals surface area contributed by atoms with Crippen LogP contribution in [0.5, 0.6) is 0 Å². The van der Waals surface area contributed by atoms with Crippen molar-refractivity contribution < 1.29 is 14.7 Å². The maximum absolute atomic E-state index is 11.8. The number of amides is 1. The van der Waals surface area contributed by atoms with Crippen molar-refractivity contribution in [3.05, 3.63) is 46.2 Å². The Hall–Kier alpha value is -2.34. The molecule has 0 aliphatic carbocycles. The fraction of sp³-hybridized carbons (Fsp3) is 0.0833. The zero-order valence-corrected chi connectivity index (χ0v) is 10.7. The second-order valence-electron chi connectivity index (χ2n) is 3.89. The summed E-state index contributed by atoms with van der Waals surface area (Å²) in [5.41, 5.74) is 1.25. The highest BCUT2D eigenvalue weighted by Crippen LogP contribution is 2.21. The number of nitrogens with one attached hydrogen (secondary N) is 2. The molecule has 7 heteroatoms. The van der Waals surface area contributed by atoms with Gasteiger partial charge in [-0.1, -0.05) is 11.6 Å². The topological polar surface area (TPSA) is 95.1 Å². The van der Waals surface area contributed by atoms with Gasteiger partial charge in [0.1, 0.15) is 0 Å². The molecule has 1 aromatic heterocycles. The molecule has 0 atom stereocenters. The highest BCUT2D eigenvalue weighted by atomic mass is 35.5. The van der Waals surface area contributed by atoms with Crippen LogP contribution in [0.1, 0.15) is 26.5 Å². The molecule has 0 radical (unpaired) electrons. The average molecular weight is 280 g/mol. The van der Waals surface area contributed by atoms with E-state index < -0.39 is 11.9 Å². The normalized spacial score (nSPS) is 10.2. The number of aryl methyl sites for hydroxylation is 1. The van der Waals surface area contributed by atoms with Crippen molar-refractivity contribution in [3.63, 3.8) is 0 Å². The lowest BCUT2D eigenvalue weighted by molar-refractivity contribution is 0.0696. The Kier molecular flexibility index (Phi) is 3.52. The molecule has 1 amide bonds. The average Bonchev–Trinajstić information content (AvgIpc) is 2.78. The van der Waals surface area contributed by atoms with Crippen LogP contribution in [0.4, 0.5) is 5.69 Å². The van der Waals surface area contributed by atoms with E-state index in [1.54, 1.807) is 13.0 Å². The van der Waals surface area contributed by atoms with Crippen molar-refractivity contribution >= 4 is 29.2 Å². The highest BCUT2D eigenvalue weighted by molar-refractivity contribution is 6.33. The molecule has 3 N–H and O–H groups in total. The van der Waals surface area contributed by atoms with Crippen molar-refractivity contribution in [2.24, 2.45) is 0 Å². The second kappa shape index (κ2) is 5.11. The molecule has 0 aliphatic heterocycles. The zero-order valence-electron chi connectivity index (χ0n) is 9.90. The van der Waals surface area contributed by atoms with Crippen molar-refractivity contribution in [1.29, 1.82) is 0 Å². The number of halogens is 1. The quantitative estimate of drug-likeness (QED) is 0.803. The van der Waals surface area contributed by atoms with Gasteiger partial charge in [-0.15, -0.1) is 0 Å². The predicted octanol–water partition coefficient (Wildman–Crippen LogP) is 2.32. The van der Waals surface area contributed by atoms with E-state index >= 15 is 0 Å². The third kappa shape index (κ3) is 2.92. The van der Waals surface area contributed by atoms with Crippen molar-refractivity contribution in [2.75, 3.05) is 5.32 Å². The van der Waals surface area contributed by atoms with Gasteiger partial charge in [0.2, 0.25) is 0 Å². The van der Waals surface area contributed by atoms with E-state index in [4.69, 9.17) is 16.7 Å². The van der Waals surface area contributed by atoms with E-state index in [1.807, 2.05) is 0 Å². The smallest absolute Gasteiger partial charge is 0.337 e. The van der Waals surface area contributed by atoms with Gasteiger partial charge in [-0.3, -0.25) is 9.89 Å². The van der Waals surface area contributed by atoms with Crippen LogP contribution in [0.3, 0.4) is 0 Å². The largest absolute Gasteiger partial charge is 0.478 e. The van der Waals surface area contributed by atoms with Crippen LogP contribution in [0.15, 0.2) is 24.3 Å². The van der Waals surface area contributed by atoms with Crippen molar-refractivity contribution in [2.45, 2.75) is 6.92 Å². The van der Waals surface area contributed by atoms with Crippen LogP contribution in [0.2, 0.25) is 5.02 Å². The summed E-state index contributed by atoms with van der Waals surface area (Å²) < 4.78 is 0. The molecule has 19 heavy (non-hydrogen) atoms. The maximum atomic E-state index is 11.8. The number of aromatic carboxylic acids is 1. The van der Waals surface area contributed by atoms with Gasteiger partial charge in [-0.2, -0.15) is 5.10 Å². The summed E-state index contributed by atoms with van der Waals surface area (Å²) in [7, 11) is 0. The molecule has 1 aromatic carbocycles. The zero-order chi connectivity index (χ0) is 14.0. The van der Waals surface area contributed by atoms with E-state index in [9.17, 15) is 9.59 Å². The number of carbonyl (C=O) groups excluding carboxylic acids is 1. The van der Waals surface area contributed by atoms with Gasteiger partial charge in [0.05, 0.1) is 10.6 Å². The standard InChI is InChI=1S/C12H10ClN3O3/c1-6-4-10(16-15-6)11(17)14-7-2-3-9(13)8(5-7)12(18)19/h2-5H,1H3,(H,14,17)(H,15,16)(H,18,19). The minimum Gasteiger partial charge on any atom is -0.478 e. The molecule has 2 rings (SSSR count). The molecular formula is C12H10ClN3O3. The SMILES string of the molecule is Cc1cc(C(=O)Nc2ccc(Cl)c(C(=O)O)c2)n[nH]1. The van der Waals surface area contributed by atoms with Crippen molar-refractivity contribution in [1.82, 2.24) is 10.2 Å². The van der Waals surface area contributed by atoms with Gasteiger partial charge in [0, 0.05) is 11.4 Å². The molecule has 0 saturated carbocycles. The summed E-state index contributed by atoms with van der Waals surface area (Å²) in [5.74, 6) is -1.58. The van der Waals surface area contributed by atoms with E-state index in [0.717, 1.165) is 5.69 Å². The molecule has 0 unspecified atom stereocenters. The summed E-state index contributed by atoms with van der Waals surface area (Å²) in [4.78, 5) is 22.7. The Morgan fingerprint density at radius 3 is 2.68 bits per heavy atom. The first kappa shape index (κ1) is 13.1. The molecule has 1 heterocycles. The number of carboxylic acid groups (broad SMARTS) is 1. The molecule has 0 aliphatic rings. The fourth-order valence-corrected chi connectivity index (χ4v) is 1.69. The van der Waals surface area contributed by atoms with Gasteiger partial charge in [-0.05, 0) is 31.2 Å². The van der Waals surface area contributed by atoms with Crippen LogP contribution in [0, 0.1) is 6.92 Å². The molecule has 98 valence electrons. The first-order valence-corrected chi connectivity index (χ1v) is 5.71. The summed E-state index contributed by atoms with van der Waals surface area (Å²) in [6, 6.07) is 5.81. The van der Waals surface area contributed by atoms with Gasteiger partial charge >= 0.3 is 5.97 Å². The van der Waals surface area contributed by atoms with E-state index in [0.29, 0.717) is 5.69 Å². The van der Waals surface area contributed by atoms with E-state index in [2.05, 4.69) is 15.5 Å². The Bertz CT molecular complexity index is 651.